The molecular weight excluding hydrogens is 240 g/mol. The van der Waals surface area contributed by atoms with E-state index in [0.29, 0.717) is 11.0 Å². The van der Waals surface area contributed by atoms with Crippen LogP contribution in [0.3, 0.4) is 0 Å². The highest BCUT2D eigenvalue weighted by atomic mass is 32.1. The molecule has 1 aromatic rings. The van der Waals surface area contributed by atoms with Crippen molar-refractivity contribution in [3.05, 3.63) is 35.4 Å². The molecule has 18 heavy (non-hydrogen) atoms. The van der Waals surface area contributed by atoms with E-state index in [1.165, 1.54) is 12.0 Å². The summed E-state index contributed by atoms with van der Waals surface area (Å²) in [5.74, 6) is 0.727. The van der Waals surface area contributed by atoms with Crippen molar-refractivity contribution >= 4 is 17.2 Å². The normalized spacial score (nSPS) is 13.0. The van der Waals surface area contributed by atoms with Crippen LogP contribution >= 0.6 is 12.2 Å². The molecule has 0 saturated carbocycles. The zero-order chi connectivity index (χ0) is 13.7. The predicted molar refractivity (Wildman–Crippen MR) is 82.7 cm³/mol. The van der Waals surface area contributed by atoms with Gasteiger partial charge in [0.2, 0.25) is 0 Å². The van der Waals surface area contributed by atoms with E-state index in [-0.39, 0.29) is 0 Å². The average molecular weight is 264 g/mol. The third kappa shape index (κ3) is 4.75. The van der Waals surface area contributed by atoms with Gasteiger partial charge in [-0.25, -0.2) is 0 Å². The molecule has 1 unspecified atom stereocenters. The molecule has 0 radical (unpaired) electrons. The summed E-state index contributed by atoms with van der Waals surface area (Å²) in [6.07, 6.45) is 1.21. The Kier molecular flexibility index (Phi) is 5.76. The smallest absolute Gasteiger partial charge is 0.103 e. The Morgan fingerprint density at radius 3 is 2.56 bits per heavy atom. The topological polar surface area (TPSA) is 29.3 Å². The summed E-state index contributed by atoms with van der Waals surface area (Å²) in [5.41, 5.74) is 7.87. The van der Waals surface area contributed by atoms with Gasteiger partial charge in [-0.2, -0.15) is 0 Å². The lowest BCUT2D eigenvalue weighted by molar-refractivity contribution is 0.220. The lowest BCUT2D eigenvalue weighted by Gasteiger charge is -2.26. The highest BCUT2D eigenvalue weighted by Crippen LogP contribution is 2.14. The molecule has 0 aromatic heterocycles. The molecular formula is C15H24N2S. The van der Waals surface area contributed by atoms with Crippen LogP contribution in [0.5, 0.6) is 0 Å². The second kappa shape index (κ2) is 6.86. The van der Waals surface area contributed by atoms with Crippen LogP contribution in [0.2, 0.25) is 0 Å². The van der Waals surface area contributed by atoms with Crippen molar-refractivity contribution in [2.45, 2.75) is 39.8 Å². The summed E-state index contributed by atoms with van der Waals surface area (Å²) in [6, 6.07) is 8.77. The van der Waals surface area contributed by atoms with Gasteiger partial charge in [0.1, 0.15) is 4.99 Å². The number of hydrogen-bond donors (Lipinski definition) is 1. The first-order valence-corrected chi connectivity index (χ1v) is 6.90. The van der Waals surface area contributed by atoms with E-state index in [1.807, 2.05) is 12.1 Å². The fourth-order valence-corrected chi connectivity index (χ4v) is 2.26. The summed E-state index contributed by atoms with van der Waals surface area (Å²) < 4.78 is 0. The standard InChI is InChI=1S/C15H24N2S/c1-11(2)8-12(3)17(4)10-13-6-5-7-14(9-13)15(16)18/h5-7,9,11-12H,8,10H2,1-4H3,(H2,16,18). The maximum Gasteiger partial charge on any atom is 0.103 e. The van der Waals surface area contributed by atoms with Crippen molar-refractivity contribution in [2.24, 2.45) is 11.7 Å². The van der Waals surface area contributed by atoms with E-state index < -0.39 is 0 Å². The lowest BCUT2D eigenvalue weighted by Crippen LogP contribution is -2.29. The number of nitrogens with zero attached hydrogens (tertiary/aromatic N) is 1. The summed E-state index contributed by atoms with van der Waals surface area (Å²) in [4.78, 5) is 2.84. The first-order valence-electron chi connectivity index (χ1n) is 6.49. The molecule has 0 aliphatic heterocycles. The van der Waals surface area contributed by atoms with E-state index in [0.717, 1.165) is 18.0 Å². The van der Waals surface area contributed by atoms with Gasteiger partial charge in [0.15, 0.2) is 0 Å². The van der Waals surface area contributed by atoms with Crippen LogP contribution in [0.1, 0.15) is 38.3 Å². The largest absolute Gasteiger partial charge is 0.389 e. The Balaban J connectivity index is 2.66. The van der Waals surface area contributed by atoms with E-state index in [9.17, 15) is 0 Å². The minimum atomic E-state index is 0.467. The van der Waals surface area contributed by atoms with Crippen molar-refractivity contribution in [1.29, 1.82) is 0 Å². The van der Waals surface area contributed by atoms with Crippen LogP contribution in [0.25, 0.3) is 0 Å². The first-order chi connectivity index (χ1) is 8.40. The zero-order valence-electron chi connectivity index (χ0n) is 11.8. The van der Waals surface area contributed by atoms with Crippen molar-refractivity contribution in [1.82, 2.24) is 4.90 Å². The molecule has 1 atom stereocenters. The minimum Gasteiger partial charge on any atom is -0.389 e. The summed E-state index contributed by atoms with van der Waals surface area (Å²) in [6.45, 7) is 7.73. The third-order valence-corrected chi connectivity index (χ3v) is 3.44. The second-order valence-corrected chi connectivity index (χ2v) is 5.90. The van der Waals surface area contributed by atoms with Gasteiger partial charge in [-0.05, 0) is 37.9 Å². The fourth-order valence-electron chi connectivity index (χ4n) is 2.13. The molecule has 0 amide bonds. The van der Waals surface area contributed by atoms with E-state index in [1.54, 1.807) is 0 Å². The van der Waals surface area contributed by atoms with Crippen molar-refractivity contribution in [3.8, 4) is 0 Å². The molecule has 2 nitrogen and oxygen atoms in total. The van der Waals surface area contributed by atoms with Gasteiger partial charge in [0.05, 0.1) is 0 Å². The summed E-state index contributed by atoms with van der Waals surface area (Å²) in [7, 11) is 2.17. The van der Waals surface area contributed by atoms with Gasteiger partial charge in [-0.3, -0.25) is 4.90 Å². The van der Waals surface area contributed by atoms with Gasteiger partial charge < -0.3 is 5.73 Å². The molecule has 0 heterocycles. The van der Waals surface area contributed by atoms with Gasteiger partial charge in [-0.15, -0.1) is 0 Å². The van der Waals surface area contributed by atoms with Gasteiger partial charge in [0.25, 0.3) is 0 Å². The average Bonchev–Trinajstić information content (AvgIpc) is 2.28. The number of thiocarbonyl (C=S) groups is 1. The molecule has 0 saturated heterocycles. The van der Waals surface area contributed by atoms with Gasteiger partial charge in [0, 0.05) is 18.2 Å². The molecule has 100 valence electrons. The Morgan fingerprint density at radius 1 is 1.33 bits per heavy atom. The van der Waals surface area contributed by atoms with Crippen molar-refractivity contribution in [2.75, 3.05) is 7.05 Å². The number of rotatable bonds is 6. The lowest BCUT2D eigenvalue weighted by atomic mass is 10.0. The van der Waals surface area contributed by atoms with Gasteiger partial charge in [-0.1, -0.05) is 44.3 Å². The van der Waals surface area contributed by atoms with Crippen LogP contribution in [0.15, 0.2) is 24.3 Å². The molecule has 0 aliphatic rings. The van der Waals surface area contributed by atoms with Crippen molar-refractivity contribution < 1.29 is 0 Å². The fraction of sp³-hybridized carbons (Fsp3) is 0.533. The van der Waals surface area contributed by atoms with E-state index >= 15 is 0 Å². The molecule has 1 rings (SSSR count). The number of benzene rings is 1. The van der Waals surface area contributed by atoms with E-state index in [2.05, 4.69) is 44.9 Å². The molecule has 2 N–H and O–H groups in total. The van der Waals surface area contributed by atoms with E-state index in [4.69, 9.17) is 18.0 Å². The highest BCUT2D eigenvalue weighted by molar-refractivity contribution is 7.80. The summed E-state index contributed by atoms with van der Waals surface area (Å²) >= 11 is 5.01. The Labute approximate surface area is 116 Å². The molecule has 0 aliphatic carbocycles. The Bertz CT molecular complexity index is 401. The van der Waals surface area contributed by atoms with Gasteiger partial charge >= 0.3 is 0 Å². The Hall–Kier alpha value is -0.930. The van der Waals surface area contributed by atoms with Crippen LogP contribution in [-0.2, 0) is 6.54 Å². The maximum atomic E-state index is 5.66. The van der Waals surface area contributed by atoms with Crippen LogP contribution < -0.4 is 5.73 Å². The molecule has 0 fully saturated rings. The molecule has 3 heteroatoms. The third-order valence-electron chi connectivity index (χ3n) is 3.21. The second-order valence-electron chi connectivity index (χ2n) is 5.46. The molecule has 0 bridgehead atoms. The highest BCUT2D eigenvalue weighted by Gasteiger charge is 2.11. The predicted octanol–water partition coefficient (Wildman–Crippen LogP) is 3.19. The maximum absolute atomic E-state index is 5.66. The van der Waals surface area contributed by atoms with Crippen molar-refractivity contribution in [3.63, 3.8) is 0 Å². The first kappa shape index (κ1) is 15.1. The molecule has 0 spiro atoms. The quantitative estimate of drug-likeness (QED) is 0.800. The molecule has 1 aromatic carbocycles. The number of nitrogens with two attached hydrogens (primary N) is 1. The Morgan fingerprint density at radius 2 is 2.00 bits per heavy atom. The minimum absolute atomic E-state index is 0.467. The van der Waals surface area contributed by atoms with Crippen LogP contribution in [0, 0.1) is 5.92 Å². The SMILES string of the molecule is CC(C)CC(C)N(C)Cc1cccc(C(N)=S)c1. The van der Waals surface area contributed by atoms with Crippen LogP contribution in [-0.4, -0.2) is 23.0 Å². The zero-order valence-corrected chi connectivity index (χ0v) is 12.6. The summed E-state index contributed by atoms with van der Waals surface area (Å²) in [5, 5.41) is 0. The monoisotopic (exact) mass is 264 g/mol. The van der Waals surface area contributed by atoms with Crippen LogP contribution in [0.4, 0.5) is 0 Å². The number of hydrogen-bond acceptors (Lipinski definition) is 2.